The van der Waals surface area contributed by atoms with Crippen molar-refractivity contribution in [2.24, 2.45) is 5.41 Å². The van der Waals surface area contributed by atoms with E-state index in [4.69, 9.17) is 20.4 Å². The number of nitrogens with zero attached hydrogens (tertiary/aromatic N) is 2. The molecule has 3 nitrogen and oxygen atoms in total. The Labute approximate surface area is 334 Å². The Kier molecular flexibility index (Phi) is 7.52. The van der Waals surface area contributed by atoms with Gasteiger partial charge in [0.1, 0.15) is 5.58 Å². The van der Waals surface area contributed by atoms with Crippen LogP contribution in [0.3, 0.4) is 0 Å². The average Bonchev–Trinajstić information content (AvgIpc) is 3.87. The molecule has 0 atom stereocenters. The van der Waals surface area contributed by atoms with E-state index in [-0.39, 0.29) is 31.2 Å². The molecule has 0 aliphatic rings. The fourth-order valence-corrected chi connectivity index (χ4v) is 7.38. The Balaban J connectivity index is 0.000000220. The first kappa shape index (κ1) is 26.8. The number of hydrogen-bond donors (Lipinski definition) is 0. The second-order valence-corrected chi connectivity index (χ2v) is 14.5. The van der Waals surface area contributed by atoms with Crippen LogP contribution >= 0.6 is 11.3 Å². The SMILES string of the molecule is [2H]C([2H])([2H])c1c[c-]c(-c2ccc(C([2H])([2H])[2H])cn2)cc1.[2H]C([2H])(c1ccc(-c2ccnc(-c3[c-]ccc4c3oc3c4ccc4ccc5ccccc5c43)c2)s1)C(C)(C)C.[Ir]. The maximum absolute atomic E-state index is 8.67. The van der Waals surface area contributed by atoms with Crippen molar-refractivity contribution in [3.8, 4) is 33.0 Å². The molecule has 0 bridgehead atoms. The summed E-state index contributed by atoms with van der Waals surface area (Å²) in [5, 5.41) is 6.74. The van der Waals surface area contributed by atoms with Crippen molar-refractivity contribution >= 4 is 54.8 Å². The van der Waals surface area contributed by atoms with Gasteiger partial charge in [-0.15, -0.1) is 64.9 Å². The number of benzene rings is 5. The van der Waals surface area contributed by atoms with E-state index in [0.717, 1.165) is 59.3 Å². The average molecular weight is 879 g/mol. The molecule has 52 heavy (non-hydrogen) atoms. The zero-order valence-electron chi connectivity index (χ0n) is 36.7. The van der Waals surface area contributed by atoms with Gasteiger partial charge < -0.3 is 14.4 Å². The summed E-state index contributed by atoms with van der Waals surface area (Å²) in [5.74, 6) is 0. The number of fused-ring (bicyclic) bond motifs is 7. The van der Waals surface area contributed by atoms with E-state index >= 15 is 0 Å². The van der Waals surface area contributed by atoms with Crippen LogP contribution in [-0.2, 0) is 26.5 Å². The van der Waals surface area contributed by atoms with Crippen LogP contribution in [0.25, 0.3) is 76.4 Å². The minimum atomic E-state index is -2.18. The van der Waals surface area contributed by atoms with E-state index in [2.05, 4.69) is 71.7 Å². The van der Waals surface area contributed by atoms with Crippen LogP contribution in [0.1, 0.15) is 47.7 Å². The van der Waals surface area contributed by atoms with Crippen molar-refractivity contribution in [3.05, 3.63) is 156 Å². The van der Waals surface area contributed by atoms with E-state index in [1.165, 1.54) is 46.5 Å². The number of thiophene rings is 1. The molecule has 0 N–H and O–H groups in total. The zero-order valence-corrected chi connectivity index (χ0v) is 31.9. The number of furan rings is 1. The van der Waals surface area contributed by atoms with E-state index in [1.807, 2.05) is 51.1 Å². The van der Waals surface area contributed by atoms with Crippen LogP contribution in [0, 0.1) is 31.3 Å². The number of pyridine rings is 2. The van der Waals surface area contributed by atoms with Crippen LogP contribution in [0.5, 0.6) is 0 Å². The molecule has 5 aromatic carbocycles. The number of aromatic nitrogens is 2. The summed E-state index contributed by atoms with van der Waals surface area (Å²) >= 11 is 1.50. The van der Waals surface area contributed by atoms with E-state index in [9.17, 15) is 0 Å². The van der Waals surface area contributed by atoms with Crippen molar-refractivity contribution < 1.29 is 35.5 Å². The topological polar surface area (TPSA) is 38.9 Å². The predicted octanol–water partition coefficient (Wildman–Crippen LogP) is 13.2. The van der Waals surface area contributed by atoms with Crippen LogP contribution < -0.4 is 0 Å². The molecule has 259 valence electrons. The van der Waals surface area contributed by atoms with Crippen molar-refractivity contribution in [2.75, 3.05) is 0 Å². The van der Waals surface area contributed by atoms with E-state index < -0.39 is 25.5 Å². The Morgan fingerprint density at radius 3 is 2.35 bits per heavy atom. The minimum Gasteiger partial charge on any atom is -0.500 e. The van der Waals surface area contributed by atoms with Gasteiger partial charge in [-0.2, -0.15) is 0 Å². The third-order valence-corrected chi connectivity index (χ3v) is 9.61. The Bertz CT molecular complexity index is 2930. The smallest absolute Gasteiger partial charge is 0.129 e. The predicted molar refractivity (Wildman–Crippen MR) is 215 cm³/mol. The summed E-state index contributed by atoms with van der Waals surface area (Å²) in [6.45, 7) is 1.47. The molecule has 9 aromatic rings. The molecule has 0 aliphatic carbocycles. The third kappa shape index (κ3) is 7.22. The van der Waals surface area contributed by atoms with Gasteiger partial charge in [0.15, 0.2) is 0 Å². The van der Waals surface area contributed by atoms with Crippen LogP contribution in [0.4, 0.5) is 0 Å². The van der Waals surface area contributed by atoms with Gasteiger partial charge in [0.25, 0.3) is 0 Å². The second kappa shape index (κ2) is 14.6. The molecule has 1 radical (unpaired) electrons. The van der Waals surface area contributed by atoms with E-state index in [1.54, 1.807) is 18.3 Å². The van der Waals surface area contributed by atoms with Gasteiger partial charge in [-0.1, -0.05) is 105 Å². The summed E-state index contributed by atoms with van der Waals surface area (Å²) in [5.41, 5.74) is 5.29. The Morgan fingerprint density at radius 2 is 1.56 bits per heavy atom. The first-order valence-corrected chi connectivity index (χ1v) is 17.5. The molecule has 0 saturated heterocycles. The maximum atomic E-state index is 8.67. The second-order valence-electron chi connectivity index (χ2n) is 13.4. The van der Waals surface area contributed by atoms with Crippen LogP contribution in [-0.4, -0.2) is 9.97 Å². The normalized spacial score (nSPS) is 14.5. The molecule has 0 saturated carbocycles. The van der Waals surface area contributed by atoms with Crippen LogP contribution in [0.15, 0.2) is 132 Å². The largest absolute Gasteiger partial charge is 0.500 e. The first-order chi connectivity index (χ1) is 27.9. The molecule has 0 aliphatic heterocycles. The third-order valence-electron chi connectivity index (χ3n) is 8.56. The molecule has 4 aromatic heterocycles. The van der Waals surface area contributed by atoms with Gasteiger partial charge in [-0.3, -0.25) is 0 Å². The molecule has 9 rings (SSSR count). The molecular weight excluding hydrogens is 833 g/mol. The minimum absolute atomic E-state index is 0. The summed E-state index contributed by atoms with van der Waals surface area (Å²) in [6, 6.07) is 42.8. The molecule has 0 spiro atoms. The van der Waals surface area contributed by atoms with Gasteiger partial charge in [0.05, 0.1) is 5.58 Å². The molecule has 5 heteroatoms. The monoisotopic (exact) mass is 879 g/mol. The Morgan fingerprint density at radius 1 is 0.750 bits per heavy atom. The maximum Gasteiger partial charge on any atom is 0.129 e. The van der Waals surface area contributed by atoms with Gasteiger partial charge in [-0.25, -0.2) is 0 Å². The first-order valence-electron chi connectivity index (χ1n) is 20.6. The van der Waals surface area contributed by atoms with Crippen molar-refractivity contribution in [1.82, 2.24) is 9.97 Å². The molecule has 0 unspecified atom stereocenters. The standard InChI is InChI=1S/C34H26NOS.C13H12N.Ir/c1-34(2,3)20-24-14-16-30(37-24)23-17-18-35-29(19-23)28-10-6-9-26-27-15-13-22-12-11-21-7-4-5-8-25(21)31(22)33(27)36-32(26)28;1-10-3-6-12(7-4-10)13-8-5-11(2)9-14-13;/h4-9,11-19H,20H2,1-3H3;3-6,8-9H,1-2H3;/q2*-1;/i20D2;1D3,2D3;. The van der Waals surface area contributed by atoms with Crippen molar-refractivity contribution in [1.29, 1.82) is 0 Å². The molecule has 0 fully saturated rings. The van der Waals surface area contributed by atoms with Crippen LogP contribution in [0.2, 0.25) is 0 Å². The zero-order chi connectivity index (χ0) is 41.9. The fourth-order valence-electron chi connectivity index (χ4n) is 6.26. The number of aryl methyl sites for hydroxylation is 2. The molecular formula is C47H38IrN2OS-2. The van der Waals surface area contributed by atoms with Crippen molar-refractivity contribution in [2.45, 2.75) is 40.8 Å². The molecule has 0 amide bonds. The summed E-state index contributed by atoms with van der Waals surface area (Å²) < 4.78 is 67.7. The fraction of sp³-hybridized carbons (Fsp3) is 0.149. The summed E-state index contributed by atoms with van der Waals surface area (Å²) in [4.78, 5) is 10.5. The van der Waals surface area contributed by atoms with Gasteiger partial charge in [0.2, 0.25) is 0 Å². The van der Waals surface area contributed by atoms with Gasteiger partial charge >= 0.3 is 0 Å². The number of rotatable bonds is 4. The van der Waals surface area contributed by atoms with E-state index in [0.29, 0.717) is 11.3 Å². The van der Waals surface area contributed by atoms with Gasteiger partial charge in [0, 0.05) is 64.0 Å². The number of hydrogen-bond acceptors (Lipinski definition) is 4. The molecule has 4 heterocycles. The summed E-state index contributed by atoms with van der Waals surface area (Å²) in [7, 11) is 0. The Hall–Kier alpha value is -4.93. The quantitative estimate of drug-likeness (QED) is 0.131. The van der Waals surface area contributed by atoms with Gasteiger partial charge in [-0.05, 0) is 75.5 Å². The van der Waals surface area contributed by atoms with Crippen molar-refractivity contribution in [3.63, 3.8) is 0 Å². The summed E-state index contributed by atoms with van der Waals surface area (Å²) in [6.07, 6.45) is 1.68.